The molecule has 0 unspecified atom stereocenters. The van der Waals surface area contributed by atoms with Crippen LogP contribution >= 0.6 is 0 Å². The highest BCUT2D eigenvalue weighted by Gasteiger charge is 2.15. The lowest BCUT2D eigenvalue weighted by atomic mass is 10.0. The highest BCUT2D eigenvalue weighted by molar-refractivity contribution is 5.92. The first-order valence-electron chi connectivity index (χ1n) is 8.97. The maximum Gasteiger partial charge on any atom is 0.238 e. The van der Waals surface area contributed by atoms with Gasteiger partial charge in [0, 0.05) is 5.69 Å². The average molecular weight is 371 g/mol. The molecule has 0 radical (unpaired) electrons. The number of carbonyl (C=O) groups is 2. The van der Waals surface area contributed by atoms with Crippen molar-refractivity contribution in [2.75, 3.05) is 25.5 Å². The molecule has 2 N–H and O–H groups in total. The summed E-state index contributed by atoms with van der Waals surface area (Å²) in [5.74, 6) is -0.868. The van der Waals surface area contributed by atoms with Crippen LogP contribution < -0.4 is 10.6 Å². The van der Waals surface area contributed by atoms with Gasteiger partial charge in [0.05, 0.1) is 19.1 Å². The minimum absolute atomic E-state index is 0.0330. The van der Waals surface area contributed by atoms with E-state index in [4.69, 9.17) is 0 Å². The number of halogens is 1. The van der Waals surface area contributed by atoms with Crippen molar-refractivity contribution in [2.45, 2.75) is 26.3 Å². The minimum Gasteiger partial charge on any atom is -0.348 e. The zero-order chi connectivity index (χ0) is 19.8. The van der Waals surface area contributed by atoms with Gasteiger partial charge in [0.1, 0.15) is 5.82 Å². The van der Waals surface area contributed by atoms with Gasteiger partial charge in [0.2, 0.25) is 11.8 Å². The van der Waals surface area contributed by atoms with Crippen LogP contribution in [-0.2, 0) is 9.59 Å². The quantitative estimate of drug-likeness (QED) is 0.749. The molecule has 0 aliphatic carbocycles. The predicted molar refractivity (Wildman–Crippen MR) is 105 cm³/mol. The monoisotopic (exact) mass is 371 g/mol. The van der Waals surface area contributed by atoms with E-state index in [1.165, 1.54) is 23.8 Å². The normalized spacial score (nSPS) is 11.9. The fourth-order valence-corrected chi connectivity index (χ4v) is 2.77. The second-order valence-electron chi connectivity index (χ2n) is 6.67. The molecule has 2 aromatic rings. The first-order valence-corrected chi connectivity index (χ1v) is 8.97. The summed E-state index contributed by atoms with van der Waals surface area (Å²) in [6.45, 7) is 4.16. The summed E-state index contributed by atoms with van der Waals surface area (Å²) >= 11 is 0. The molecule has 0 aliphatic heterocycles. The van der Waals surface area contributed by atoms with Crippen molar-refractivity contribution in [3.05, 3.63) is 65.5 Å². The lowest BCUT2D eigenvalue weighted by Crippen LogP contribution is -2.40. The maximum atomic E-state index is 13.2. The summed E-state index contributed by atoms with van der Waals surface area (Å²) in [5.41, 5.74) is 2.62. The number of amides is 2. The van der Waals surface area contributed by atoms with Gasteiger partial charge in [-0.05, 0) is 44.2 Å². The van der Waals surface area contributed by atoms with Gasteiger partial charge in [-0.2, -0.15) is 0 Å². The van der Waals surface area contributed by atoms with Crippen LogP contribution in [0.15, 0.2) is 48.5 Å². The van der Waals surface area contributed by atoms with Crippen LogP contribution in [0.5, 0.6) is 0 Å². The predicted octanol–water partition coefficient (Wildman–Crippen LogP) is 3.27. The molecule has 0 spiro atoms. The van der Waals surface area contributed by atoms with Gasteiger partial charge < -0.3 is 10.6 Å². The number of benzene rings is 2. The van der Waals surface area contributed by atoms with E-state index in [9.17, 15) is 14.0 Å². The van der Waals surface area contributed by atoms with E-state index in [-0.39, 0.29) is 30.9 Å². The zero-order valence-corrected chi connectivity index (χ0v) is 16.0. The third-order valence-electron chi connectivity index (χ3n) is 4.16. The fraction of sp³-hybridized carbons (Fsp3) is 0.333. The lowest BCUT2D eigenvalue weighted by Gasteiger charge is -2.21. The zero-order valence-electron chi connectivity index (χ0n) is 16.0. The molecule has 0 aromatic heterocycles. The number of nitrogens with zero attached hydrogens (tertiary/aromatic N) is 1. The Morgan fingerprint density at radius 2 is 1.74 bits per heavy atom. The number of hydrogen-bond acceptors (Lipinski definition) is 3. The van der Waals surface area contributed by atoms with Gasteiger partial charge in [-0.25, -0.2) is 4.39 Å². The van der Waals surface area contributed by atoms with Crippen LogP contribution in [0.25, 0.3) is 0 Å². The van der Waals surface area contributed by atoms with Crippen molar-refractivity contribution in [1.82, 2.24) is 10.2 Å². The topological polar surface area (TPSA) is 61.4 Å². The van der Waals surface area contributed by atoms with E-state index < -0.39 is 5.82 Å². The largest absolute Gasteiger partial charge is 0.348 e. The van der Waals surface area contributed by atoms with E-state index in [0.717, 1.165) is 12.0 Å². The third-order valence-corrected chi connectivity index (χ3v) is 4.16. The molecule has 2 aromatic carbocycles. The van der Waals surface area contributed by atoms with Crippen molar-refractivity contribution in [3.63, 3.8) is 0 Å². The number of rotatable bonds is 8. The fourth-order valence-electron chi connectivity index (χ4n) is 2.77. The van der Waals surface area contributed by atoms with Gasteiger partial charge in [0.25, 0.3) is 0 Å². The van der Waals surface area contributed by atoms with Crippen molar-refractivity contribution in [1.29, 1.82) is 0 Å². The van der Waals surface area contributed by atoms with Crippen LogP contribution in [-0.4, -0.2) is 36.9 Å². The molecule has 2 amide bonds. The molecule has 5 nitrogen and oxygen atoms in total. The summed E-state index contributed by atoms with van der Waals surface area (Å²) in [6.07, 6.45) is 0.776. The summed E-state index contributed by atoms with van der Waals surface area (Å²) in [5, 5.41) is 5.62. The summed E-state index contributed by atoms with van der Waals surface area (Å²) < 4.78 is 13.2. The molecular weight excluding hydrogens is 345 g/mol. The van der Waals surface area contributed by atoms with Gasteiger partial charge in [-0.1, -0.05) is 42.8 Å². The SMILES string of the molecule is CC[C@H](NC(=O)CN(C)CC(=O)Nc1cccc(F)c1)c1ccc(C)cc1. The van der Waals surface area contributed by atoms with Crippen LogP contribution in [0.3, 0.4) is 0 Å². The van der Waals surface area contributed by atoms with E-state index >= 15 is 0 Å². The Hall–Kier alpha value is -2.73. The van der Waals surface area contributed by atoms with Crippen LogP contribution in [0.2, 0.25) is 0 Å². The van der Waals surface area contributed by atoms with E-state index in [0.29, 0.717) is 5.69 Å². The molecule has 27 heavy (non-hydrogen) atoms. The van der Waals surface area contributed by atoms with Crippen molar-refractivity contribution in [3.8, 4) is 0 Å². The third kappa shape index (κ3) is 6.83. The number of nitrogens with one attached hydrogen (secondary N) is 2. The molecule has 1 atom stereocenters. The first-order chi connectivity index (χ1) is 12.9. The minimum atomic E-state index is -0.415. The van der Waals surface area contributed by atoms with Gasteiger partial charge in [-0.15, -0.1) is 0 Å². The molecule has 144 valence electrons. The van der Waals surface area contributed by atoms with Gasteiger partial charge in [-0.3, -0.25) is 14.5 Å². The molecule has 6 heteroatoms. The Balaban J connectivity index is 1.83. The van der Waals surface area contributed by atoms with E-state index in [1.54, 1.807) is 18.0 Å². The summed E-state index contributed by atoms with van der Waals surface area (Å²) in [4.78, 5) is 26.0. The maximum absolute atomic E-state index is 13.2. The van der Waals surface area contributed by atoms with Crippen molar-refractivity contribution < 1.29 is 14.0 Å². The lowest BCUT2D eigenvalue weighted by molar-refractivity contribution is -0.123. The second-order valence-corrected chi connectivity index (χ2v) is 6.67. The standard InChI is InChI=1S/C21H26FN3O2/c1-4-19(16-10-8-15(2)9-11-16)24-21(27)14-25(3)13-20(26)23-18-7-5-6-17(22)12-18/h5-12,19H,4,13-14H2,1-3H3,(H,23,26)(H,24,27)/t19-/m0/s1. The smallest absolute Gasteiger partial charge is 0.238 e. The Bertz CT molecular complexity index is 777. The highest BCUT2D eigenvalue weighted by atomic mass is 19.1. The molecule has 0 heterocycles. The second kappa shape index (κ2) is 9.83. The number of carbonyl (C=O) groups excluding carboxylic acids is 2. The molecule has 0 bridgehead atoms. The van der Waals surface area contributed by atoms with Crippen molar-refractivity contribution in [2.24, 2.45) is 0 Å². The first kappa shape index (κ1) is 20.6. The highest BCUT2D eigenvalue weighted by Crippen LogP contribution is 2.17. The average Bonchev–Trinajstić information content (AvgIpc) is 2.60. The number of anilines is 1. The Kier molecular flexibility index (Phi) is 7.49. The van der Waals surface area contributed by atoms with E-state index in [2.05, 4.69) is 10.6 Å². The van der Waals surface area contributed by atoms with Crippen LogP contribution in [0, 0.1) is 12.7 Å². The molecule has 0 fully saturated rings. The number of aryl methyl sites for hydroxylation is 1. The Morgan fingerprint density at radius 3 is 2.37 bits per heavy atom. The molecule has 0 saturated heterocycles. The Labute approximate surface area is 159 Å². The molecule has 0 aliphatic rings. The Morgan fingerprint density at radius 1 is 1.07 bits per heavy atom. The summed E-state index contributed by atoms with van der Waals surface area (Å²) in [6, 6.07) is 13.7. The summed E-state index contributed by atoms with van der Waals surface area (Å²) in [7, 11) is 1.69. The van der Waals surface area contributed by atoms with Crippen LogP contribution in [0.4, 0.5) is 10.1 Å². The molecule has 0 saturated carbocycles. The van der Waals surface area contributed by atoms with Crippen molar-refractivity contribution >= 4 is 17.5 Å². The van der Waals surface area contributed by atoms with E-state index in [1.807, 2.05) is 38.1 Å². The number of hydrogen-bond donors (Lipinski definition) is 2. The van der Waals surface area contributed by atoms with Gasteiger partial charge in [0.15, 0.2) is 0 Å². The number of likely N-dealkylation sites (N-methyl/N-ethyl adjacent to an activating group) is 1. The molecule has 2 rings (SSSR count). The van der Waals surface area contributed by atoms with Gasteiger partial charge >= 0.3 is 0 Å². The molecular formula is C21H26FN3O2. The van der Waals surface area contributed by atoms with Crippen LogP contribution in [0.1, 0.15) is 30.5 Å².